The molecule has 6 heteroatoms. The molecule has 6 nitrogen and oxygen atoms in total. The van der Waals surface area contributed by atoms with E-state index < -0.39 is 0 Å². The van der Waals surface area contributed by atoms with Gasteiger partial charge in [-0.2, -0.15) is 0 Å². The van der Waals surface area contributed by atoms with Crippen molar-refractivity contribution in [3.8, 4) is 23.7 Å². The molecule has 4 heterocycles. The fourth-order valence-corrected chi connectivity index (χ4v) is 5.96. The zero-order chi connectivity index (χ0) is 33.8. The monoisotopic (exact) mass is 640 g/mol. The molecule has 0 spiro atoms. The Kier molecular flexibility index (Phi) is 10.9. The minimum Gasteiger partial charge on any atom is -0.325 e. The Morgan fingerprint density at radius 3 is 1.51 bits per heavy atom. The van der Waals surface area contributed by atoms with Gasteiger partial charge < -0.3 is 9.13 Å². The van der Waals surface area contributed by atoms with Crippen LogP contribution in [0.2, 0.25) is 0 Å². The summed E-state index contributed by atoms with van der Waals surface area (Å²) in [7, 11) is 0. The van der Waals surface area contributed by atoms with Gasteiger partial charge in [-0.3, -0.25) is 0 Å². The molecule has 0 fully saturated rings. The Bertz CT molecular complexity index is 2230. The molecular weight excluding hydrogens is 601 g/mol. The van der Waals surface area contributed by atoms with Crippen LogP contribution in [0, 0.1) is 23.7 Å². The Balaban J connectivity index is 0.000000174. The summed E-state index contributed by atoms with van der Waals surface area (Å²) in [6.45, 7) is 6.61. The van der Waals surface area contributed by atoms with Crippen LogP contribution in [0.3, 0.4) is 0 Å². The third kappa shape index (κ3) is 8.30. The minimum absolute atomic E-state index is 0.220. The molecule has 0 radical (unpaired) electrons. The molecular formula is C43H40N6. The van der Waals surface area contributed by atoms with E-state index in [1.165, 1.54) is 16.6 Å². The molecule has 0 amide bonds. The zero-order valence-electron chi connectivity index (χ0n) is 28.3. The average molecular weight is 641 g/mol. The van der Waals surface area contributed by atoms with Gasteiger partial charge in [0, 0.05) is 44.1 Å². The first-order valence-electron chi connectivity index (χ1n) is 16.8. The maximum atomic E-state index is 4.88. The van der Waals surface area contributed by atoms with Crippen molar-refractivity contribution in [2.24, 2.45) is 0 Å². The Hall–Kier alpha value is -5.98. The summed E-state index contributed by atoms with van der Waals surface area (Å²) in [6.07, 6.45) is 6.74. The molecule has 0 saturated heterocycles. The van der Waals surface area contributed by atoms with Gasteiger partial charge in [-0.25, -0.2) is 19.9 Å². The van der Waals surface area contributed by atoms with E-state index in [1.807, 2.05) is 48.5 Å². The van der Waals surface area contributed by atoms with Crippen LogP contribution < -0.4 is 0 Å². The van der Waals surface area contributed by atoms with E-state index in [4.69, 9.17) is 9.97 Å². The molecule has 4 aromatic heterocycles. The quantitative estimate of drug-likeness (QED) is 0.163. The highest BCUT2D eigenvalue weighted by molar-refractivity contribution is 5.77. The largest absolute Gasteiger partial charge is 0.325 e. The van der Waals surface area contributed by atoms with Gasteiger partial charge in [0.2, 0.25) is 0 Å². The predicted molar refractivity (Wildman–Crippen MR) is 199 cm³/mol. The number of hydrogen-bond donors (Lipinski definition) is 0. The van der Waals surface area contributed by atoms with Crippen LogP contribution in [0.5, 0.6) is 0 Å². The lowest BCUT2D eigenvalue weighted by Crippen LogP contribution is -2.10. The third-order valence-electron chi connectivity index (χ3n) is 8.23. The summed E-state index contributed by atoms with van der Waals surface area (Å²) in [5.41, 5.74) is 7.37. The first kappa shape index (κ1) is 32.9. The van der Waals surface area contributed by atoms with E-state index in [0.29, 0.717) is 6.04 Å². The van der Waals surface area contributed by atoms with Crippen LogP contribution in [0.25, 0.3) is 22.1 Å². The molecule has 7 aromatic rings. The lowest BCUT2D eigenvalue weighted by Gasteiger charge is -2.18. The standard InChI is InChI=1S/C24H21N3.C19H19N3/c1-19(20-11-3-2-4-12-20)27-23-16-7-6-15-22(23)26-24(27)17-8-5-13-21-14-9-10-18-25-21;1-15(2)22-18-12-5-4-11-17(18)21-19(22)13-6-3-9-16-10-7-8-14-20-16/h2-4,6-7,9-12,14-16,18-19H,8,17H2,1H3;4-5,7-8,10-12,14-15H,6,13H2,1-2H3. The third-order valence-corrected chi connectivity index (χ3v) is 8.23. The minimum atomic E-state index is 0.220. The molecule has 1 atom stereocenters. The fraction of sp³-hybridized carbons (Fsp3) is 0.209. The van der Waals surface area contributed by atoms with Crippen LogP contribution in [0.4, 0.5) is 0 Å². The van der Waals surface area contributed by atoms with Gasteiger partial charge in [-0.15, -0.1) is 0 Å². The van der Waals surface area contributed by atoms with Gasteiger partial charge in [-0.1, -0.05) is 78.6 Å². The lowest BCUT2D eigenvalue weighted by atomic mass is 10.1. The number of hydrogen-bond acceptors (Lipinski definition) is 4. The molecule has 7 rings (SSSR count). The number of rotatable bonds is 7. The van der Waals surface area contributed by atoms with Gasteiger partial charge in [0.25, 0.3) is 0 Å². The summed E-state index contributed by atoms with van der Waals surface area (Å²) in [6, 6.07) is 39.4. The summed E-state index contributed by atoms with van der Waals surface area (Å²) in [4.78, 5) is 18.1. The van der Waals surface area contributed by atoms with Crippen molar-refractivity contribution in [2.75, 3.05) is 0 Å². The second-order valence-corrected chi connectivity index (χ2v) is 12.0. The highest BCUT2D eigenvalue weighted by atomic mass is 15.1. The summed E-state index contributed by atoms with van der Waals surface area (Å²) in [5, 5.41) is 0. The zero-order valence-corrected chi connectivity index (χ0v) is 28.3. The average Bonchev–Trinajstić information content (AvgIpc) is 3.71. The summed E-state index contributed by atoms with van der Waals surface area (Å²) in [5.74, 6) is 14.8. The summed E-state index contributed by atoms with van der Waals surface area (Å²) >= 11 is 0. The number of imidazole rings is 2. The summed E-state index contributed by atoms with van der Waals surface area (Å²) < 4.78 is 4.64. The first-order valence-corrected chi connectivity index (χ1v) is 16.8. The van der Waals surface area contributed by atoms with E-state index in [2.05, 4.69) is 130 Å². The van der Waals surface area contributed by atoms with E-state index in [-0.39, 0.29) is 6.04 Å². The molecule has 0 aliphatic rings. The second-order valence-electron chi connectivity index (χ2n) is 12.0. The molecule has 0 N–H and O–H groups in total. The van der Waals surface area contributed by atoms with Crippen molar-refractivity contribution < 1.29 is 0 Å². The number of benzene rings is 3. The number of pyridine rings is 2. The highest BCUT2D eigenvalue weighted by Crippen LogP contribution is 2.27. The number of aryl methyl sites for hydroxylation is 2. The number of fused-ring (bicyclic) bond motifs is 2. The number of para-hydroxylation sites is 4. The van der Waals surface area contributed by atoms with Gasteiger partial charge >= 0.3 is 0 Å². The molecule has 1 unspecified atom stereocenters. The normalized spacial score (nSPS) is 11.3. The van der Waals surface area contributed by atoms with Gasteiger partial charge in [0.1, 0.15) is 23.0 Å². The maximum absolute atomic E-state index is 4.88. The van der Waals surface area contributed by atoms with Crippen molar-refractivity contribution in [2.45, 2.75) is 58.5 Å². The highest BCUT2D eigenvalue weighted by Gasteiger charge is 2.16. The van der Waals surface area contributed by atoms with Gasteiger partial charge in [0.05, 0.1) is 28.1 Å². The van der Waals surface area contributed by atoms with E-state index in [9.17, 15) is 0 Å². The second kappa shape index (κ2) is 16.2. The van der Waals surface area contributed by atoms with Crippen molar-refractivity contribution in [3.05, 3.63) is 156 Å². The molecule has 3 aromatic carbocycles. The Morgan fingerprint density at radius 1 is 0.531 bits per heavy atom. The molecule has 49 heavy (non-hydrogen) atoms. The lowest BCUT2D eigenvalue weighted by molar-refractivity contribution is 0.584. The van der Waals surface area contributed by atoms with Crippen molar-refractivity contribution >= 4 is 22.1 Å². The van der Waals surface area contributed by atoms with Crippen molar-refractivity contribution in [1.82, 2.24) is 29.1 Å². The Labute approximate surface area is 288 Å². The smallest absolute Gasteiger partial charge is 0.113 e. The molecule has 242 valence electrons. The first-order chi connectivity index (χ1) is 24.1. The maximum Gasteiger partial charge on any atom is 0.113 e. The molecule has 0 aliphatic carbocycles. The van der Waals surface area contributed by atoms with Crippen LogP contribution in [0.15, 0.2) is 128 Å². The Morgan fingerprint density at radius 2 is 1.00 bits per heavy atom. The van der Waals surface area contributed by atoms with E-state index in [1.54, 1.807) is 12.4 Å². The van der Waals surface area contributed by atoms with Crippen LogP contribution >= 0.6 is 0 Å². The van der Waals surface area contributed by atoms with Gasteiger partial charge in [-0.05, 0) is 86.7 Å². The SMILES string of the molecule is CC(C)n1c(CCC#Cc2ccccn2)nc2ccccc21.CC(c1ccccc1)n1c(CCC#Cc2ccccn2)nc2ccccc21. The molecule has 0 aliphatic heterocycles. The fourth-order valence-electron chi connectivity index (χ4n) is 5.96. The van der Waals surface area contributed by atoms with Crippen molar-refractivity contribution in [3.63, 3.8) is 0 Å². The molecule has 0 saturated carbocycles. The van der Waals surface area contributed by atoms with E-state index >= 15 is 0 Å². The van der Waals surface area contributed by atoms with Crippen LogP contribution in [-0.4, -0.2) is 29.1 Å². The molecule has 0 bridgehead atoms. The van der Waals surface area contributed by atoms with Crippen LogP contribution in [-0.2, 0) is 12.8 Å². The number of aromatic nitrogens is 6. The van der Waals surface area contributed by atoms with Gasteiger partial charge in [0.15, 0.2) is 0 Å². The van der Waals surface area contributed by atoms with E-state index in [0.717, 1.165) is 59.8 Å². The van der Waals surface area contributed by atoms with Crippen molar-refractivity contribution in [1.29, 1.82) is 0 Å². The predicted octanol–water partition coefficient (Wildman–Crippen LogP) is 9.02. The topological polar surface area (TPSA) is 61.4 Å². The number of nitrogens with zero attached hydrogens (tertiary/aromatic N) is 6. The van der Waals surface area contributed by atoms with Crippen LogP contribution in [0.1, 0.15) is 74.3 Å².